The normalized spacial score (nSPS) is 13.1. The van der Waals surface area contributed by atoms with Crippen LogP contribution in [0, 0.1) is 0 Å². The van der Waals surface area contributed by atoms with Gasteiger partial charge in [-0.2, -0.15) is 0 Å². The van der Waals surface area contributed by atoms with Gasteiger partial charge in [-0.05, 0) is 30.2 Å². The molecule has 0 fully saturated rings. The number of nitrogens with one attached hydrogen (secondary N) is 1. The lowest BCUT2D eigenvalue weighted by Gasteiger charge is -2.20. The predicted octanol–water partition coefficient (Wildman–Crippen LogP) is 1.93. The summed E-state index contributed by atoms with van der Waals surface area (Å²) in [4.78, 5) is 10.9. The Morgan fingerprint density at radius 3 is 2.65 bits per heavy atom. The molecule has 17 heavy (non-hydrogen) atoms. The van der Waals surface area contributed by atoms with E-state index in [0.29, 0.717) is 6.54 Å². The fourth-order valence-electron chi connectivity index (χ4n) is 1.77. The van der Waals surface area contributed by atoms with Crippen LogP contribution in [-0.4, -0.2) is 23.1 Å². The molecule has 4 N–H and O–H groups in total. The molecule has 0 aromatic heterocycles. The summed E-state index contributed by atoms with van der Waals surface area (Å²) in [7, 11) is 0. The highest BCUT2D eigenvalue weighted by atomic mass is 35.5. The molecule has 0 bridgehead atoms. The molecular formula is C10H12Cl3NO3. The molecule has 1 aromatic carbocycles. The topological polar surface area (TPSA) is 80.8 Å². The molecule has 0 saturated carbocycles. The first-order chi connectivity index (χ1) is 7.11. The van der Waals surface area contributed by atoms with E-state index in [1.807, 2.05) is 0 Å². The van der Waals surface area contributed by atoms with Crippen LogP contribution in [0.25, 0.3) is 0 Å². The summed E-state index contributed by atoms with van der Waals surface area (Å²) >= 11 is 11.9. The third-order valence-corrected chi connectivity index (χ3v) is 3.21. The van der Waals surface area contributed by atoms with Crippen molar-refractivity contribution in [2.75, 3.05) is 6.54 Å². The Morgan fingerprint density at radius 2 is 2.06 bits per heavy atom. The van der Waals surface area contributed by atoms with Gasteiger partial charge < -0.3 is 15.9 Å². The van der Waals surface area contributed by atoms with Gasteiger partial charge in [-0.3, -0.25) is 0 Å². The minimum absolute atomic E-state index is 0. The fourth-order valence-corrected chi connectivity index (χ4v) is 2.52. The number of carboxylic acids is 1. The third kappa shape index (κ3) is 3.03. The first-order valence-electron chi connectivity index (χ1n) is 4.55. The third-order valence-electron chi connectivity index (χ3n) is 2.49. The molecule has 0 radical (unpaired) electrons. The average Bonchev–Trinajstić information content (AvgIpc) is 2.17. The molecule has 1 aromatic rings. The molecule has 1 aliphatic heterocycles. The van der Waals surface area contributed by atoms with Crippen molar-refractivity contribution in [1.29, 1.82) is 0 Å². The molecule has 0 aliphatic carbocycles. The Hall–Kier alpha value is -0.520. The molecule has 0 amide bonds. The van der Waals surface area contributed by atoms with E-state index < -0.39 is 5.97 Å². The van der Waals surface area contributed by atoms with Crippen LogP contribution in [0.4, 0.5) is 0 Å². The number of hydrogen-bond donors (Lipinski definition) is 2. The van der Waals surface area contributed by atoms with Gasteiger partial charge in [-0.1, -0.05) is 23.2 Å². The number of carboxylic acid groups (broad SMARTS) is 1. The highest BCUT2D eigenvalue weighted by molar-refractivity contribution is 6.39. The van der Waals surface area contributed by atoms with E-state index in [1.165, 1.54) is 0 Å². The quantitative estimate of drug-likeness (QED) is 0.831. The van der Waals surface area contributed by atoms with Crippen LogP contribution in [0.5, 0.6) is 0 Å². The second kappa shape index (κ2) is 6.42. The minimum Gasteiger partial charge on any atom is -0.478 e. The molecule has 0 spiro atoms. The second-order valence-electron chi connectivity index (χ2n) is 3.42. The van der Waals surface area contributed by atoms with Crippen LogP contribution >= 0.6 is 35.6 Å². The number of fused-ring (bicyclic) bond motifs is 1. The summed E-state index contributed by atoms with van der Waals surface area (Å²) in [6.07, 6.45) is 0.742. The number of carbonyl (C=O) groups is 1. The molecule has 0 atom stereocenters. The van der Waals surface area contributed by atoms with Gasteiger partial charge in [0.1, 0.15) is 0 Å². The highest BCUT2D eigenvalue weighted by Gasteiger charge is 2.21. The van der Waals surface area contributed by atoms with Crippen molar-refractivity contribution < 1.29 is 15.4 Å². The van der Waals surface area contributed by atoms with Gasteiger partial charge in [0.05, 0.1) is 15.6 Å². The SMILES string of the molecule is Cl.O.O=C(O)c1c(Cl)cc2c(c1Cl)CCNC2. The molecule has 96 valence electrons. The van der Waals surface area contributed by atoms with Gasteiger partial charge in [0.2, 0.25) is 0 Å². The smallest absolute Gasteiger partial charge is 0.338 e. The lowest BCUT2D eigenvalue weighted by atomic mass is 9.98. The maximum Gasteiger partial charge on any atom is 0.338 e. The van der Waals surface area contributed by atoms with Crippen molar-refractivity contribution in [2.24, 2.45) is 0 Å². The molecular weight excluding hydrogens is 288 g/mol. The summed E-state index contributed by atoms with van der Waals surface area (Å²) < 4.78 is 0. The van der Waals surface area contributed by atoms with Crippen LogP contribution in [-0.2, 0) is 13.0 Å². The average molecular weight is 301 g/mol. The van der Waals surface area contributed by atoms with Crippen LogP contribution < -0.4 is 5.32 Å². The van der Waals surface area contributed by atoms with Crippen LogP contribution in [0.3, 0.4) is 0 Å². The monoisotopic (exact) mass is 299 g/mol. The van der Waals surface area contributed by atoms with Gasteiger partial charge in [0, 0.05) is 6.54 Å². The summed E-state index contributed by atoms with van der Waals surface area (Å²) in [5.74, 6) is -1.08. The Kier molecular flexibility index (Phi) is 6.23. The van der Waals surface area contributed by atoms with E-state index in [-0.39, 0.29) is 33.5 Å². The Labute approximate surface area is 115 Å². The van der Waals surface area contributed by atoms with E-state index in [0.717, 1.165) is 24.1 Å². The standard InChI is InChI=1S/C10H9Cl2NO2.ClH.H2O/c11-7-3-5-4-13-2-1-6(5)9(12)8(7)10(14)15;;/h3,13H,1-2,4H2,(H,14,15);1H;1H2. The van der Waals surface area contributed by atoms with Gasteiger partial charge >= 0.3 is 5.97 Å². The molecule has 1 heterocycles. The van der Waals surface area contributed by atoms with E-state index in [4.69, 9.17) is 28.3 Å². The van der Waals surface area contributed by atoms with Crippen molar-refractivity contribution in [3.63, 3.8) is 0 Å². The molecule has 1 aliphatic rings. The van der Waals surface area contributed by atoms with E-state index in [1.54, 1.807) is 6.07 Å². The highest BCUT2D eigenvalue weighted by Crippen LogP contribution is 2.32. The fraction of sp³-hybridized carbons (Fsp3) is 0.300. The second-order valence-corrected chi connectivity index (χ2v) is 4.20. The zero-order valence-electron chi connectivity index (χ0n) is 8.72. The zero-order chi connectivity index (χ0) is 11.0. The van der Waals surface area contributed by atoms with Crippen LogP contribution in [0.15, 0.2) is 6.07 Å². The van der Waals surface area contributed by atoms with E-state index in [2.05, 4.69) is 5.32 Å². The molecule has 4 nitrogen and oxygen atoms in total. The van der Waals surface area contributed by atoms with Crippen molar-refractivity contribution in [1.82, 2.24) is 5.32 Å². The summed E-state index contributed by atoms with van der Waals surface area (Å²) in [5.41, 5.74) is 1.90. The molecule has 0 saturated heterocycles. The summed E-state index contributed by atoms with van der Waals surface area (Å²) in [6.45, 7) is 1.50. The van der Waals surface area contributed by atoms with E-state index in [9.17, 15) is 4.79 Å². The number of benzene rings is 1. The number of rotatable bonds is 1. The first kappa shape index (κ1) is 16.5. The first-order valence-corrected chi connectivity index (χ1v) is 5.30. The van der Waals surface area contributed by atoms with Crippen molar-refractivity contribution >= 4 is 41.6 Å². The van der Waals surface area contributed by atoms with Crippen molar-refractivity contribution in [3.8, 4) is 0 Å². The number of hydrogen-bond acceptors (Lipinski definition) is 2. The van der Waals surface area contributed by atoms with E-state index >= 15 is 0 Å². The molecule has 7 heteroatoms. The minimum atomic E-state index is -1.08. The number of aromatic carboxylic acids is 1. The van der Waals surface area contributed by atoms with Crippen LogP contribution in [0.2, 0.25) is 10.0 Å². The molecule has 0 unspecified atom stereocenters. The Balaban J connectivity index is 0.00000128. The molecule has 2 rings (SSSR count). The maximum atomic E-state index is 10.9. The lowest BCUT2D eigenvalue weighted by molar-refractivity contribution is 0.0697. The Morgan fingerprint density at radius 1 is 1.41 bits per heavy atom. The van der Waals surface area contributed by atoms with Gasteiger partial charge in [-0.15, -0.1) is 12.4 Å². The van der Waals surface area contributed by atoms with Gasteiger partial charge in [0.15, 0.2) is 0 Å². The predicted molar refractivity (Wildman–Crippen MR) is 69.7 cm³/mol. The van der Waals surface area contributed by atoms with Crippen molar-refractivity contribution in [3.05, 3.63) is 32.8 Å². The summed E-state index contributed by atoms with van der Waals surface area (Å²) in [5, 5.41) is 12.6. The van der Waals surface area contributed by atoms with Gasteiger partial charge in [0.25, 0.3) is 0 Å². The van der Waals surface area contributed by atoms with Crippen LogP contribution in [0.1, 0.15) is 21.5 Å². The largest absolute Gasteiger partial charge is 0.478 e. The lowest BCUT2D eigenvalue weighted by Crippen LogP contribution is -2.24. The summed E-state index contributed by atoms with van der Waals surface area (Å²) in [6, 6.07) is 1.68. The Bertz CT molecular complexity index is 437. The zero-order valence-corrected chi connectivity index (χ0v) is 11.0. The maximum absolute atomic E-state index is 10.9. The number of halogens is 3. The van der Waals surface area contributed by atoms with Gasteiger partial charge in [-0.25, -0.2) is 4.79 Å². The van der Waals surface area contributed by atoms with Crippen molar-refractivity contribution in [2.45, 2.75) is 13.0 Å².